The lowest BCUT2D eigenvalue weighted by molar-refractivity contribution is 0.354. The Morgan fingerprint density at radius 2 is 2.17 bits per heavy atom. The van der Waals surface area contributed by atoms with Gasteiger partial charge in [0.15, 0.2) is 0 Å². The van der Waals surface area contributed by atoms with Gasteiger partial charge in [-0.1, -0.05) is 13.8 Å². The van der Waals surface area contributed by atoms with Crippen molar-refractivity contribution in [2.75, 3.05) is 7.05 Å². The zero-order chi connectivity index (χ0) is 8.72. The number of hydrogen-bond acceptors (Lipinski definition) is 2. The van der Waals surface area contributed by atoms with Gasteiger partial charge in [-0.15, -0.1) is 11.3 Å². The summed E-state index contributed by atoms with van der Waals surface area (Å²) in [6, 6.07) is 2.38. The molecule has 0 amide bonds. The third-order valence-electron chi connectivity index (χ3n) is 2.34. The molecule has 0 spiro atoms. The molecule has 0 bridgehead atoms. The van der Waals surface area contributed by atoms with Crippen LogP contribution < -0.4 is 0 Å². The van der Waals surface area contributed by atoms with Crippen LogP contribution >= 0.6 is 11.3 Å². The fraction of sp³-hybridized carbons (Fsp3) is 0.600. The minimum absolute atomic E-state index is 0.700. The molecule has 0 N–H and O–H groups in total. The van der Waals surface area contributed by atoms with Gasteiger partial charge in [-0.3, -0.25) is 4.90 Å². The molecule has 0 saturated carbocycles. The average Bonchev–Trinajstić information content (AvgIpc) is 2.42. The first-order valence-corrected chi connectivity index (χ1v) is 5.28. The molecule has 2 rings (SSSR count). The van der Waals surface area contributed by atoms with Crippen molar-refractivity contribution in [2.45, 2.75) is 32.9 Å². The van der Waals surface area contributed by atoms with E-state index >= 15 is 0 Å². The monoisotopic (exact) mass is 181 g/mol. The van der Waals surface area contributed by atoms with Crippen LogP contribution in [0.4, 0.5) is 0 Å². The van der Waals surface area contributed by atoms with E-state index in [-0.39, 0.29) is 0 Å². The van der Waals surface area contributed by atoms with Crippen LogP contribution in [-0.4, -0.2) is 11.9 Å². The quantitative estimate of drug-likeness (QED) is 0.644. The van der Waals surface area contributed by atoms with Gasteiger partial charge in [0.2, 0.25) is 0 Å². The van der Waals surface area contributed by atoms with Crippen LogP contribution in [0.15, 0.2) is 6.07 Å². The zero-order valence-electron chi connectivity index (χ0n) is 7.92. The first-order valence-electron chi connectivity index (χ1n) is 4.47. The topological polar surface area (TPSA) is 3.24 Å². The highest BCUT2D eigenvalue weighted by atomic mass is 32.1. The predicted molar refractivity (Wildman–Crippen MR) is 53.6 cm³/mol. The zero-order valence-corrected chi connectivity index (χ0v) is 8.74. The standard InChI is InChI=1S/C10H15NS/c1-7(2)9-4-8-5-11(3)6-10(8)12-9/h4,7H,5-6H2,1-3H3. The van der Waals surface area contributed by atoms with E-state index in [9.17, 15) is 0 Å². The van der Waals surface area contributed by atoms with Gasteiger partial charge < -0.3 is 0 Å². The van der Waals surface area contributed by atoms with E-state index in [1.165, 1.54) is 0 Å². The molecule has 66 valence electrons. The van der Waals surface area contributed by atoms with Gasteiger partial charge in [0.05, 0.1) is 0 Å². The Morgan fingerprint density at radius 1 is 1.42 bits per heavy atom. The maximum absolute atomic E-state index is 2.38. The molecule has 1 aromatic rings. The fourth-order valence-corrected chi connectivity index (χ4v) is 2.89. The van der Waals surface area contributed by atoms with E-state index in [1.54, 1.807) is 15.3 Å². The van der Waals surface area contributed by atoms with Crippen molar-refractivity contribution in [2.24, 2.45) is 0 Å². The van der Waals surface area contributed by atoms with Crippen LogP contribution in [-0.2, 0) is 13.1 Å². The molecule has 1 aliphatic heterocycles. The van der Waals surface area contributed by atoms with Gasteiger partial charge in [0.1, 0.15) is 0 Å². The van der Waals surface area contributed by atoms with Gasteiger partial charge in [-0.05, 0) is 24.6 Å². The Kier molecular flexibility index (Phi) is 1.97. The van der Waals surface area contributed by atoms with E-state index in [2.05, 4.69) is 31.9 Å². The summed E-state index contributed by atoms with van der Waals surface area (Å²) < 4.78 is 0. The van der Waals surface area contributed by atoms with Crippen molar-refractivity contribution in [3.8, 4) is 0 Å². The van der Waals surface area contributed by atoms with E-state index in [0.717, 1.165) is 13.1 Å². The molecule has 0 radical (unpaired) electrons. The third-order valence-corrected chi connectivity index (χ3v) is 3.80. The highest BCUT2D eigenvalue weighted by molar-refractivity contribution is 7.12. The number of nitrogens with zero attached hydrogens (tertiary/aromatic N) is 1. The van der Waals surface area contributed by atoms with Crippen LogP contribution in [0.3, 0.4) is 0 Å². The first kappa shape index (κ1) is 8.27. The maximum atomic E-state index is 2.38. The van der Waals surface area contributed by atoms with Crippen molar-refractivity contribution in [1.29, 1.82) is 0 Å². The first-order chi connectivity index (χ1) is 5.66. The van der Waals surface area contributed by atoms with Crippen molar-refractivity contribution < 1.29 is 0 Å². The van der Waals surface area contributed by atoms with Gasteiger partial charge >= 0.3 is 0 Å². The van der Waals surface area contributed by atoms with Crippen LogP contribution in [0.2, 0.25) is 0 Å². The lowest BCUT2D eigenvalue weighted by Crippen LogP contribution is -2.07. The van der Waals surface area contributed by atoms with Gasteiger partial charge in [-0.2, -0.15) is 0 Å². The van der Waals surface area contributed by atoms with Crippen LogP contribution in [0.5, 0.6) is 0 Å². The second-order valence-corrected chi connectivity index (χ2v) is 5.09. The SMILES string of the molecule is CC(C)c1cc2c(s1)CN(C)C2. The second-order valence-electron chi connectivity index (χ2n) is 3.92. The predicted octanol–water partition coefficient (Wildman–Crippen LogP) is 2.82. The lowest BCUT2D eigenvalue weighted by Gasteiger charge is -2.05. The third kappa shape index (κ3) is 1.29. The molecule has 1 aromatic heterocycles. The molecule has 2 heterocycles. The van der Waals surface area contributed by atoms with E-state index in [4.69, 9.17) is 0 Å². The number of hydrogen-bond donors (Lipinski definition) is 0. The second kappa shape index (κ2) is 2.86. The largest absolute Gasteiger partial charge is 0.297 e. The summed E-state index contributed by atoms with van der Waals surface area (Å²) in [7, 11) is 2.18. The molecule has 1 aliphatic rings. The fourth-order valence-electron chi connectivity index (χ4n) is 1.63. The molecular weight excluding hydrogens is 166 g/mol. The Balaban J connectivity index is 2.28. The summed E-state index contributed by atoms with van der Waals surface area (Å²) in [4.78, 5) is 5.50. The average molecular weight is 181 g/mol. The lowest BCUT2D eigenvalue weighted by atomic mass is 10.1. The number of rotatable bonds is 1. The highest BCUT2D eigenvalue weighted by Gasteiger charge is 2.19. The summed E-state index contributed by atoms with van der Waals surface area (Å²) in [6.45, 7) is 6.85. The molecule has 12 heavy (non-hydrogen) atoms. The van der Waals surface area contributed by atoms with Crippen molar-refractivity contribution >= 4 is 11.3 Å². The minimum atomic E-state index is 0.700. The summed E-state index contributed by atoms with van der Waals surface area (Å²) in [5.41, 5.74) is 1.56. The van der Waals surface area contributed by atoms with Gasteiger partial charge in [0.25, 0.3) is 0 Å². The van der Waals surface area contributed by atoms with Crippen LogP contribution in [0.1, 0.15) is 35.1 Å². The molecule has 0 aliphatic carbocycles. The molecule has 1 nitrogen and oxygen atoms in total. The smallest absolute Gasteiger partial charge is 0.0331 e. The highest BCUT2D eigenvalue weighted by Crippen LogP contribution is 2.33. The molecule has 0 aromatic carbocycles. The normalized spacial score (nSPS) is 17.3. The van der Waals surface area contributed by atoms with Crippen molar-refractivity contribution in [3.05, 3.63) is 21.4 Å². The van der Waals surface area contributed by atoms with Crippen LogP contribution in [0.25, 0.3) is 0 Å². The summed E-state index contributed by atoms with van der Waals surface area (Å²) >= 11 is 1.99. The van der Waals surface area contributed by atoms with Crippen molar-refractivity contribution in [1.82, 2.24) is 4.90 Å². The molecule has 0 atom stereocenters. The van der Waals surface area contributed by atoms with Gasteiger partial charge in [0, 0.05) is 22.8 Å². The van der Waals surface area contributed by atoms with Crippen molar-refractivity contribution in [3.63, 3.8) is 0 Å². The Morgan fingerprint density at radius 3 is 2.75 bits per heavy atom. The molecule has 0 unspecified atom stereocenters. The maximum Gasteiger partial charge on any atom is 0.0331 e. The van der Waals surface area contributed by atoms with Gasteiger partial charge in [-0.25, -0.2) is 0 Å². The number of fused-ring (bicyclic) bond motifs is 1. The molecular formula is C10H15NS. The molecule has 0 saturated heterocycles. The van der Waals surface area contributed by atoms with Crippen LogP contribution in [0, 0.1) is 0 Å². The Labute approximate surface area is 78.0 Å². The Bertz CT molecular complexity index is 265. The molecule has 0 fully saturated rings. The number of thiophene rings is 1. The Hall–Kier alpha value is -0.340. The van der Waals surface area contributed by atoms with E-state index in [1.807, 2.05) is 11.3 Å². The molecule has 2 heteroatoms. The van der Waals surface area contributed by atoms with E-state index in [0.29, 0.717) is 5.92 Å². The summed E-state index contributed by atoms with van der Waals surface area (Å²) in [5, 5.41) is 0. The summed E-state index contributed by atoms with van der Waals surface area (Å²) in [5.74, 6) is 0.700. The minimum Gasteiger partial charge on any atom is -0.297 e. The summed E-state index contributed by atoms with van der Waals surface area (Å²) in [6.07, 6.45) is 0. The van der Waals surface area contributed by atoms with E-state index < -0.39 is 0 Å².